The van der Waals surface area contributed by atoms with Crippen molar-refractivity contribution in [1.29, 1.82) is 0 Å². The molecule has 0 atom stereocenters. The lowest BCUT2D eigenvalue weighted by atomic mass is 10.4. The number of rotatable bonds is 0. The van der Waals surface area contributed by atoms with Crippen LogP contribution in [-0.2, 0) is 0 Å². The predicted molar refractivity (Wildman–Crippen MR) is 41.0 cm³/mol. The lowest BCUT2D eigenvalue weighted by Gasteiger charge is -2.05. The number of nitrogens with two attached hydrogens (primary N) is 2. The Hall–Kier alpha value is -0.160. The Labute approximate surface area is 61.8 Å². The molecule has 0 unspecified atom stereocenters. The molecule has 6 N–H and O–H groups in total. The van der Waals surface area contributed by atoms with Gasteiger partial charge in [0.2, 0.25) is 0 Å². The molecule has 0 saturated carbocycles. The molecule has 0 radical (unpaired) electrons. The van der Waals surface area contributed by atoms with Gasteiger partial charge in [-0.1, -0.05) is 0 Å². The van der Waals surface area contributed by atoms with Crippen molar-refractivity contribution in [3.8, 4) is 0 Å². The molecule has 0 spiro atoms. The lowest BCUT2D eigenvalue weighted by molar-refractivity contribution is 0.0873. The highest BCUT2D eigenvalue weighted by molar-refractivity contribution is 4.48. The lowest BCUT2D eigenvalue weighted by Crippen LogP contribution is -2.30. The molecule has 0 heterocycles. The Morgan fingerprint density at radius 3 is 0.800 bits per heavy atom. The van der Waals surface area contributed by atoms with Gasteiger partial charge in [-0.2, -0.15) is 0 Å². The van der Waals surface area contributed by atoms with Crippen LogP contribution in [0.5, 0.6) is 0 Å². The zero-order valence-electron chi connectivity index (χ0n) is 7.05. The third-order valence-corrected chi connectivity index (χ3v) is 0. The topological polar surface area (TPSA) is 92.5 Å². The van der Waals surface area contributed by atoms with Crippen molar-refractivity contribution < 1.29 is 10.2 Å². The monoisotopic (exact) mass is 150 g/mol. The molecular formula is C6H18N2O2. The molecule has 0 aromatic rings. The van der Waals surface area contributed by atoms with Crippen LogP contribution in [0.15, 0.2) is 0 Å². The van der Waals surface area contributed by atoms with Crippen LogP contribution in [0.25, 0.3) is 0 Å². The summed E-state index contributed by atoms with van der Waals surface area (Å²) in [6.07, 6.45) is 0. The number of aliphatic hydroxyl groups is 2. The molecule has 0 aliphatic carbocycles. The van der Waals surface area contributed by atoms with Crippen LogP contribution < -0.4 is 11.5 Å². The maximum Gasteiger partial charge on any atom is 0.107 e. The number of hydrogen-bond acceptors (Lipinski definition) is 4. The minimum Gasteiger partial charge on any atom is -0.377 e. The third kappa shape index (κ3) is 14300. The van der Waals surface area contributed by atoms with Crippen LogP contribution in [-0.4, -0.2) is 21.7 Å². The third-order valence-electron chi connectivity index (χ3n) is 0. The fourth-order valence-corrected chi connectivity index (χ4v) is 0. The SMILES string of the molecule is CC(C)(N)O.CC(C)(N)O. The van der Waals surface area contributed by atoms with E-state index in [1.807, 2.05) is 0 Å². The molecular weight excluding hydrogens is 132 g/mol. The van der Waals surface area contributed by atoms with E-state index in [1.165, 1.54) is 27.7 Å². The summed E-state index contributed by atoms with van der Waals surface area (Å²) in [5.74, 6) is 0. The zero-order chi connectivity index (χ0) is 9.00. The second kappa shape index (κ2) is 3.88. The van der Waals surface area contributed by atoms with Gasteiger partial charge in [-0.3, -0.25) is 0 Å². The maximum atomic E-state index is 8.30. The van der Waals surface area contributed by atoms with E-state index in [0.29, 0.717) is 0 Å². The quantitative estimate of drug-likeness (QED) is 0.345. The van der Waals surface area contributed by atoms with Crippen molar-refractivity contribution in [3.63, 3.8) is 0 Å². The van der Waals surface area contributed by atoms with Gasteiger partial charge >= 0.3 is 0 Å². The van der Waals surface area contributed by atoms with E-state index in [1.54, 1.807) is 0 Å². The summed E-state index contributed by atoms with van der Waals surface area (Å²) in [6, 6.07) is 0. The molecule has 0 fully saturated rings. The summed E-state index contributed by atoms with van der Waals surface area (Å²) in [5, 5.41) is 16.6. The Bertz CT molecular complexity index is 56.7. The first-order chi connectivity index (χ1) is 4.00. The summed E-state index contributed by atoms with van der Waals surface area (Å²) in [7, 11) is 0. The van der Waals surface area contributed by atoms with E-state index in [9.17, 15) is 0 Å². The van der Waals surface area contributed by atoms with E-state index < -0.39 is 11.4 Å². The Kier molecular flexibility index (Phi) is 4.85. The van der Waals surface area contributed by atoms with Crippen molar-refractivity contribution in [2.75, 3.05) is 0 Å². The predicted octanol–water partition coefficient (Wildman–Crippen LogP) is -0.653. The van der Waals surface area contributed by atoms with Gasteiger partial charge in [-0.05, 0) is 27.7 Å². The van der Waals surface area contributed by atoms with Crippen molar-refractivity contribution in [3.05, 3.63) is 0 Å². The Morgan fingerprint density at radius 2 is 0.800 bits per heavy atom. The molecule has 0 amide bonds. The summed E-state index contributed by atoms with van der Waals surface area (Å²) >= 11 is 0. The first-order valence-electron chi connectivity index (χ1n) is 3.02. The van der Waals surface area contributed by atoms with Crippen LogP contribution >= 0.6 is 0 Å². The standard InChI is InChI=1S/2C3H9NO/c2*1-3(2,4)5/h2*5H,4H2,1-2H3. The largest absolute Gasteiger partial charge is 0.377 e. The van der Waals surface area contributed by atoms with Crippen LogP contribution in [0.2, 0.25) is 0 Å². The first-order valence-corrected chi connectivity index (χ1v) is 3.02. The van der Waals surface area contributed by atoms with E-state index in [2.05, 4.69) is 0 Å². The second-order valence-corrected chi connectivity index (χ2v) is 3.31. The Morgan fingerprint density at radius 1 is 0.800 bits per heavy atom. The summed E-state index contributed by atoms with van der Waals surface area (Å²) in [4.78, 5) is 0. The molecule has 0 aromatic carbocycles. The van der Waals surface area contributed by atoms with Gasteiger partial charge in [0.25, 0.3) is 0 Å². The molecule has 0 saturated heterocycles. The van der Waals surface area contributed by atoms with Gasteiger partial charge in [-0.25, -0.2) is 0 Å². The summed E-state index contributed by atoms with van der Waals surface area (Å²) < 4.78 is 0. The van der Waals surface area contributed by atoms with Gasteiger partial charge in [-0.15, -0.1) is 0 Å². The first kappa shape index (κ1) is 12.5. The average Bonchev–Trinajstić information content (AvgIpc) is 1.12. The van der Waals surface area contributed by atoms with Gasteiger partial charge < -0.3 is 21.7 Å². The van der Waals surface area contributed by atoms with E-state index in [-0.39, 0.29) is 0 Å². The highest BCUT2D eigenvalue weighted by Gasteiger charge is 1.98. The smallest absolute Gasteiger partial charge is 0.107 e. The summed E-state index contributed by atoms with van der Waals surface area (Å²) in [5.41, 5.74) is 7.82. The molecule has 10 heavy (non-hydrogen) atoms. The van der Waals surface area contributed by atoms with Crippen LogP contribution in [0, 0.1) is 0 Å². The van der Waals surface area contributed by atoms with E-state index in [0.717, 1.165) is 0 Å². The van der Waals surface area contributed by atoms with E-state index >= 15 is 0 Å². The fourth-order valence-electron chi connectivity index (χ4n) is 0. The molecule has 0 aromatic heterocycles. The molecule has 0 rings (SSSR count). The normalized spacial score (nSPS) is 12.0. The van der Waals surface area contributed by atoms with E-state index in [4.69, 9.17) is 21.7 Å². The minimum atomic E-state index is -1.00. The summed E-state index contributed by atoms with van der Waals surface area (Å²) in [6.45, 7) is 6.08. The van der Waals surface area contributed by atoms with Gasteiger partial charge in [0, 0.05) is 0 Å². The molecule has 64 valence electrons. The van der Waals surface area contributed by atoms with Crippen LogP contribution in [0.4, 0.5) is 0 Å². The fraction of sp³-hybridized carbons (Fsp3) is 1.00. The Balaban J connectivity index is 0. The van der Waals surface area contributed by atoms with Crippen molar-refractivity contribution in [2.45, 2.75) is 39.1 Å². The zero-order valence-corrected chi connectivity index (χ0v) is 7.05. The second-order valence-electron chi connectivity index (χ2n) is 3.31. The van der Waals surface area contributed by atoms with Crippen LogP contribution in [0.3, 0.4) is 0 Å². The number of hydrogen-bond donors (Lipinski definition) is 4. The van der Waals surface area contributed by atoms with Crippen molar-refractivity contribution in [2.24, 2.45) is 11.5 Å². The highest BCUT2D eigenvalue weighted by atomic mass is 16.3. The highest BCUT2D eigenvalue weighted by Crippen LogP contribution is 1.82. The van der Waals surface area contributed by atoms with Crippen LogP contribution in [0.1, 0.15) is 27.7 Å². The van der Waals surface area contributed by atoms with Gasteiger partial charge in [0.05, 0.1) is 0 Å². The minimum absolute atomic E-state index is 1.00. The molecule has 4 heteroatoms. The molecule has 4 nitrogen and oxygen atoms in total. The maximum absolute atomic E-state index is 8.30. The molecule has 0 aliphatic rings. The molecule has 0 aliphatic heterocycles. The van der Waals surface area contributed by atoms with Crippen molar-refractivity contribution in [1.82, 2.24) is 0 Å². The van der Waals surface area contributed by atoms with Crippen molar-refractivity contribution >= 4 is 0 Å². The van der Waals surface area contributed by atoms with Gasteiger partial charge in [0.1, 0.15) is 11.4 Å². The average molecular weight is 150 g/mol. The molecule has 0 bridgehead atoms. The van der Waals surface area contributed by atoms with Gasteiger partial charge in [0.15, 0.2) is 0 Å².